The molecule has 4 unspecified atom stereocenters. The number of aliphatic carboxylic acids is 1. The highest BCUT2D eigenvalue weighted by atomic mass is 32.1. The summed E-state index contributed by atoms with van der Waals surface area (Å²) < 4.78 is 0. The molecule has 4 atom stereocenters. The minimum atomic E-state index is -1.19. The number of unbranched alkanes of at least 4 members (excludes halogenated alkanes) is 1. The van der Waals surface area contributed by atoms with E-state index in [9.17, 15) is 19.2 Å². The van der Waals surface area contributed by atoms with Crippen LogP contribution in [0, 0.1) is 0 Å². The zero-order valence-electron chi connectivity index (χ0n) is 15.0. The van der Waals surface area contributed by atoms with E-state index >= 15 is 0 Å². The summed E-state index contributed by atoms with van der Waals surface area (Å²) in [6, 6.07) is -3.81. The number of thiol groups is 1. The minimum Gasteiger partial charge on any atom is -0.480 e. The van der Waals surface area contributed by atoms with Gasteiger partial charge in [-0.05, 0) is 39.7 Å². The highest BCUT2D eigenvalue weighted by molar-refractivity contribution is 7.80. The van der Waals surface area contributed by atoms with Crippen LogP contribution in [0.3, 0.4) is 0 Å². The van der Waals surface area contributed by atoms with Crippen molar-refractivity contribution in [1.29, 1.82) is 0 Å². The van der Waals surface area contributed by atoms with Crippen LogP contribution in [0.25, 0.3) is 0 Å². The number of carbonyl (C=O) groups excluding carboxylic acids is 3. The summed E-state index contributed by atoms with van der Waals surface area (Å²) in [6.45, 7) is 3.20. The van der Waals surface area contributed by atoms with Gasteiger partial charge in [-0.25, -0.2) is 0 Å². The predicted octanol–water partition coefficient (Wildman–Crippen LogP) is -2.05. The molecule has 0 aliphatic carbocycles. The third-order valence-corrected chi connectivity index (χ3v) is 3.99. The molecule has 0 aromatic carbocycles. The third kappa shape index (κ3) is 9.02. The van der Waals surface area contributed by atoms with E-state index in [0.29, 0.717) is 19.4 Å². The van der Waals surface area contributed by atoms with Gasteiger partial charge in [0.15, 0.2) is 0 Å². The van der Waals surface area contributed by atoms with Gasteiger partial charge in [-0.15, -0.1) is 0 Å². The lowest BCUT2D eigenvalue weighted by molar-refractivity contribution is -0.141. The number of carbonyl (C=O) groups is 4. The first-order valence-electron chi connectivity index (χ1n) is 8.34. The molecule has 0 fully saturated rings. The number of hydrogen-bond acceptors (Lipinski definition) is 7. The van der Waals surface area contributed by atoms with E-state index in [1.165, 1.54) is 13.8 Å². The summed E-state index contributed by atoms with van der Waals surface area (Å²) >= 11 is 3.91. The van der Waals surface area contributed by atoms with E-state index in [1.807, 2.05) is 0 Å². The van der Waals surface area contributed by atoms with Crippen molar-refractivity contribution >= 4 is 36.3 Å². The summed E-state index contributed by atoms with van der Waals surface area (Å²) in [5.74, 6) is -2.80. The van der Waals surface area contributed by atoms with Crippen molar-refractivity contribution < 1.29 is 24.3 Å². The Morgan fingerprint density at radius 1 is 0.962 bits per heavy atom. The summed E-state index contributed by atoms with van der Waals surface area (Å²) in [4.78, 5) is 47.1. The number of amides is 3. The second kappa shape index (κ2) is 12.5. The molecule has 0 spiro atoms. The molecule has 0 saturated carbocycles. The van der Waals surface area contributed by atoms with E-state index in [4.69, 9.17) is 16.6 Å². The zero-order valence-corrected chi connectivity index (χ0v) is 15.9. The molecule has 8 N–H and O–H groups in total. The minimum absolute atomic E-state index is 0.122. The Morgan fingerprint density at radius 2 is 1.54 bits per heavy atom. The maximum Gasteiger partial charge on any atom is 0.325 e. The van der Waals surface area contributed by atoms with Crippen LogP contribution in [0.5, 0.6) is 0 Å². The fourth-order valence-corrected chi connectivity index (χ4v) is 2.07. The van der Waals surface area contributed by atoms with Crippen molar-refractivity contribution in [3.05, 3.63) is 0 Å². The Morgan fingerprint density at radius 3 is 2.04 bits per heavy atom. The first-order chi connectivity index (χ1) is 12.1. The van der Waals surface area contributed by atoms with Gasteiger partial charge >= 0.3 is 5.97 Å². The number of nitrogens with one attached hydrogen (secondary N) is 3. The van der Waals surface area contributed by atoms with E-state index in [1.54, 1.807) is 0 Å². The molecule has 150 valence electrons. The van der Waals surface area contributed by atoms with Crippen LogP contribution in [0.4, 0.5) is 0 Å². The number of carboxylic acids is 1. The summed E-state index contributed by atoms with van der Waals surface area (Å²) in [5, 5.41) is 16.2. The van der Waals surface area contributed by atoms with Crippen molar-refractivity contribution in [2.45, 2.75) is 57.3 Å². The molecular weight excluding hydrogens is 362 g/mol. The quantitative estimate of drug-likeness (QED) is 0.148. The molecule has 0 radical (unpaired) electrons. The van der Waals surface area contributed by atoms with Crippen LogP contribution < -0.4 is 27.4 Å². The Hall–Kier alpha value is -1.85. The molecule has 0 aliphatic rings. The van der Waals surface area contributed by atoms with Crippen LogP contribution in [-0.4, -0.2) is 65.3 Å². The lowest BCUT2D eigenvalue weighted by Gasteiger charge is -2.22. The lowest BCUT2D eigenvalue weighted by atomic mass is 10.1. The maximum absolute atomic E-state index is 12.2. The maximum atomic E-state index is 12.2. The molecular formula is C15H29N5O5S. The molecule has 10 nitrogen and oxygen atoms in total. The van der Waals surface area contributed by atoms with E-state index < -0.39 is 47.9 Å². The van der Waals surface area contributed by atoms with Crippen molar-refractivity contribution in [2.75, 3.05) is 12.3 Å². The Labute approximate surface area is 158 Å². The van der Waals surface area contributed by atoms with Crippen molar-refractivity contribution in [3.63, 3.8) is 0 Å². The monoisotopic (exact) mass is 391 g/mol. The normalized spacial score (nSPS) is 15.3. The molecule has 0 aliphatic heterocycles. The molecule has 0 saturated heterocycles. The van der Waals surface area contributed by atoms with Gasteiger partial charge in [0.2, 0.25) is 17.7 Å². The molecule has 26 heavy (non-hydrogen) atoms. The standard InChI is InChI=1S/C15H29N5O5S/c1-8(18-13(22)10(17)7-26)12(21)20-11(5-3-4-6-16)14(23)19-9(2)15(24)25/h8-11,26H,3-7,16-17H2,1-2H3,(H,18,22)(H,19,23)(H,20,21)(H,24,25). The number of nitrogens with two attached hydrogens (primary N) is 2. The van der Waals surface area contributed by atoms with Gasteiger partial charge in [0.25, 0.3) is 0 Å². The molecule has 0 aromatic heterocycles. The van der Waals surface area contributed by atoms with Gasteiger partial charge in [0.1, 0.15) is 18.1 Å². The van der Waals surface area contributed by atoms with Gasteiger partial charge in [-0.1, -0.05) is 0 Å². The highest BCUT2D eigenvalue weighted by Gasteiger charge is 2.26. The second-order valence-electron chi connectivity index (χ2n) is 5.93. The fraction of sp³-hybridized carbons (Fsp3) is 0.733. The van der Waals surface area contributed by atoms with E-state index in [0.717, 1.165) is 0 Å². The number of hydrogen-bond donors (Lipinski definition) is 7. The highest BCUT2D eigenvalue weighted by Crippen LogP contribution is 2.03. The van der Waals surface area contributed by atoms with Crippen molar-refractivity contribution in [2.24, 2.45) is 11.5 Å². The van der Waals surface area contributed by atoms with Gasteiger partial charge in [0, 0.05) is 5.75 Å². The summed E-state index contributed by atoms with van der Waals surface area (Å²) in [5.41, 5.74) is 11.0. The van der Waals surface area contributed by atoms with E-state index in [2.05, 4.69) is 28.6 Å². The Kier molecular flexibility index (Phi) is 11.6. The van der Waals surface area contributed by atoms with Gasteiger partial charge in [-0.3, -0.25) is 19.2 Å². The van der Waals surface area contributed by atoms with Gasteiger partial charge in [-0.2, -0.15) is 12.6 Å². The first kappa shape index (κ1) is 24.1. The first-order valence-corrected chi connectivity index (χ1v) is 8.97. The molecule has 0 bridgehead atoms. The second-order valence-corrected chi connectivity index (χ2v) is 6.30. The van der Waals surface area contributed by atoms with Gasteiger partial charge < -0.3 is 32.5 Å². The lowest BCUT2D eigenvalue weighted by Crippen LogP contribution is -2.56. The molecule has 0 aromatic rings. The van der Waals surface area contributed by atoms with Crippen LogP contribution in [-0.2, 0) is 19.2 Å². The Bertz CT molecular complexity index is 505. The van der Waals surface area contributed by atoms with Gasteiger partial charge in [0.05, 0.1) is 6.04 Å². The van der Waals surface area contributed by atoms with Crippen molar-refractivity contribution in [1.82, 2.24) is 16.0 Å². The molecule has 0 heterocycles. The SMILES string of the molecule is CC(NC(=O)C(CCCCN)NC(=O)C(C)NC(=O)C(N)CS)C(=O)O. The van der Waals surface area contributed by atoms with E-state index in [-0.39, 0.29) is 12.2 Å². The topological polar surface area (TPSA) is 177 Å². The van der Waals surface area contributed by atoms with Crippen LogP contribution in [0.2, 0.25) is 0 Å². The fourth-order valence-electron chi connectivity index (χ4n) is 1.90. The summed E-state index contributed by atoms with van der Waals surface area (Å²) in [7, 11) is 0. The van der Waals surface area contributed by atoms with Crippen molar-refractivity contribution in [3.8, 4) is 0 Å². The average molecular weight is 391 g/mol. The van der Waals surface area contributed by atoms with Crippen LogP contribution in [0.1, 0.15) is 33.1 Å². The average Bonchev–Trinajstić information content (AvgIpc) is 2.59. The molecule has 0 rings (SSSR count). The van der Waals surface area contributed by atoms with Crippen LogP contribution in [0.15, 0.2) is 0 Å². The Balaban J connectivity index is 4.87. The smallest absolute Gasteiger partial charge is 0.325 e. The zero-order chi connectivity index (χ0) is 20.3. The largest absolute Gasteiger partial charge is 0.480 e. The number of carboxylic acid groups (broad SMARTS) is 1. The summed E-state index contributed by atoms with van der Waals surface area (Å²) in [6.07, 6.45) is 1.51. The molecule has 11 heteroatoms. The predicted molar refractivity (Wildman–Crippen MR) is 99.5 cm³/mol. The van der Waals surface area contributed by atoms with Crippen LogP contribution >= 0.6 is 12.6 Å². The number of rotatable bonds is 12. The molecule has 3 amide bonds. The third-order valence-electron chi connectivity index (χ3n) is 3.59.